The zero-order valence-corrected chi connectivity index (χ0v) is 24.3. The van der Waals surface area contributed by atoms with Gasteiger partial charge in [-0.3, -0.25) is 13.9 Å². The molecule has 3 rings (SSSR count). The first-order valence-corrected chi connectivity index (χ1v) is 14.6. The Morgan fingerprint density at radius 2 is 1.64 bits per heavy atom. The minimum atomic E-state index is -4.15. The van der Waals surface area contributed by atoms with Crippen LogP contribution >= 0.6 is 23.2 Å². The minimum absolute atomic E-state index is 0.0245. The predicted octanol–water partition coefficient (Wildman–Crippen LogP) is 5.14. The Morgan fingerprint density at radius 3 is 2.21 bits per heavy atom. The number of amides is 2. The van der Waals surface area contributed by atoms with Crippen molar-refractivity contribution in [3.63, 3.8) is 0 Å². The van der Waals surface area contributed by atoms with Crippen LogP contribution in [0.15, 0.2) is 77.7 Å². The van der Waals surface area contributed by atoms with E-state index in [1.165, 1.54) is 24.1 Å². The van der Waals surface area contributed by atoms with E-state index in [-0.39, 0.29) is 23.0 Å². The van der Waals surface area contributed by atoms with Crippen molar-refractivity contribution in [3.8, 4) is 5.75 Å². The van der Waals surface area contributed by atoms with Crippen molar-refractivity contribution in [2.75, 3.05) is 24.5 Å². The quantitative estimate of drug-likeness (QED) is 0.314. The van der Waals surface area contributed by atoms with Crippen LogP contribution in [0.3, 0.4) is 0 Å². The van der Waals surface area contributed by atoms with Crippen LogP contribution in [0.1, 0.15) is 25.8 Å². The van der Waals surface area contributed by atoms with Crippen molar-refractivity contribution in [1.29, 1.82) is 0 Å². The molecular formula is C28H31Cl2N3O5S. The Kier molecular flexibility index (Phi) is 10.6. The summed E-state index contributed by atoms with van der Waals surface area (Å²) in [6.45, 7) is 3.49. The number of halogens is 2. The second-order valence-corrected chi connectivity index (χ2v) is 11.3. The molecule has 0 fully saturated rings. The maximum Gasteiger partial charge on any atom is 0.264 e. The summed E-state index contributed by atoms with van der Waals surface area (Å²) in [5.74, 6) is -0.395. The molecule has 1 N–H and O–H groups in total. The monoisotopic (exact) mass is 591 g/mol. The molecule has 0 radical (unpaired) electrons. The summed E-state index contributed by atoms with van der Waals surface area (Å²) in [4.78, 5) is 28.1. The second kappa shape index (κ2) is 13.7. The summed E-state index contributed by atoms with van der Waals surface area (Å²) >= 11 is 12.4. The Morgan fingerprint density at radius 1 is 0.974 bits per heavy atom. The molecular weight excluding hydrogens is 561 g/mol. The number of hydrogen-bond acceptors (Lipinski definition) is 5. The number of ether oxygens (including phenoxy) is 1. The van der Waals surface area contributed by atoms with E-state index in [2.05, 4.69) is 5.32 Å². The number of carbonyl (C=O) groups excluding carboxylic acids is 2. The van der Waals surface area contributed by atoms with Gasteiger partial charge >= 0.3 is 0 Å². The average Bonchev–Trinajstić information content (AvgIpc) is 2.93. The number of carbonyl (C=O) groups is 2. The van der Waals surface area contributed by atoms with E-state index in [4.69, 9.17) is 27.9 Å². The third-order valence-electron chi connectivity index (χ3n) is 6.03. The Balaban J connectivity index is 2.06. The van der Waals surface area contributed by atoms with Gasteiger partial charge in [-0.2, -0.15) is 0 Å². The molecule has 3 aromatic rings. The van der Waals surface area contributed by atoms with Gasteiger partial charge in [0.05, 0.1) is 17.2 Å². The number of sulfonamides is 1. The van der Waals surface area contributed by atoms with Crippen molar-refractivity contribution in [2.24, 2.45) is 0 Å². The molecule has 2 amide bonds. The van der Waals surface area contributed by atoms with Gasteiger partial charge in [0, 0.05) is 23.6 Å². The normalized spacial score (nSPS) is 11.9. The molecule has 8 nitrogen and oxygen atoms in total. The lowest BCUT2D eigenvalue weighted by Crippen LogP contribution is -2.51. The van der Waals surface area contributed by atoms with Crippen molar-refractivity contribution in [3.05, 3.63) is 88.4 Å². The van der Waals surface area contributed by atoms with Gasteiger partial charge in [-0.1, -0.05) is 54.4 Å². The highest BCUT2D eigenvalue weighted by Crippen LogP contribution is 2.28. The number of hydrogen-bond donors (Lipinski definition) is 1. The first-order valence-electron chi connectivity index (χ1n) is 12.4. The third-order valence-corrected chi connectivity index (χ3v) is 8.41. The number of benzene rings is 3. The molecule has 0 unspecified atom stereocenters. The topological polar surface area (TPSA) is 96.0 Å². The minimum Gasteiger partial charge on any atom is -0.494 e. The van der Waals surface area contributed by atoms with E-state index < -0.39 is 28.5 Å². The summed E-state index contributed by atoms with van der Waals surface area (Å²) < 4.78 is 34.1. The van der Waals surface area contributed by atoms with Crippen molar-refractivity contribution >= 4 is 50.7 Å². The highest BCUT2D eigenvalue weighted by molar-refractivity contribution is 7.92. The van der Waals surface area contributed by atoms with Crippen LogP contribution in [-0.2, 0) is 26.2 Å². The summed E-state index contributed by atoms with van der Waals surface area (Å²) in [6.07, 6.45) is 0.297. The van der Waals surface area contributed by atoms with Gasteiger partial charge in [0.1, 0.15) is 18.3 Å². The number of likely N-dealkylation sites (N-methyl/N-ethyl adjacent to an activating group) is 1. The fraction of sp³-hybridized carbons (Fsp3) is 0.286. The largest absolute Gasteiger partial charge is 0.494 e. The molecule has 3 aromatic carbocycles. The highest BCUT2D eigenvalue weighted by atomic mass is 35.5. The summed E-state index contributed by atoms with van der Waals surface area (Å²) in [7, 11) is -2.67. The molecule has 11 heteroatoms. The molecule has 39 heavy (non-hydrogen) atoms. The molecule has 0 aromatic heterocycles. The van der Waals surface area contributed by atoms with Gasteiger partial charge in [0.25, 0.3) is 10.0 Å². The van der Waals surface area contributed by atoms with Crippen LogP contribution in [0.25, 0.3) is 0 Å². The summed E-state index contributed by atoms with van der Waals surface area (Å²) in [6, 6.07) is 18.3. The number of anilines is 1. The lowest BCUT2D eigenvalue weighted by atomic mass is 10.1. The van der Waals surface area contributed by atoms with Gasteiger partial charge in [0.2, 0.25) is 11.8 Å². The van der Waals surface area contributed by atoms with E-state index in [1.54, 1.807) is 67.6 Å². The number of nitrogens with one attached hydrogen (secondary N) is 1. The van der Waals surface area contributed by atoms with Crippen molar-refractivity contribution < 1.29 is 22.7 Å². The van der Waals surface area contributed by atoms with E-state index >= 15 is 0 Å². The van der Waals surface area contributed by atoms with E-state index in [0.717, 1.165) is 4.31 Å². The number of nitrogens with zero attached hydrogens (tertiary/aromatic N) is 2. The smallest absolute Gasteiger partial charge is 0.264 e. The predicted molar refractivity (Wildman–Crippen MR) is 154 cm³/mol. The van der Waals surface area contributed by atoms with Gasteiger partial charge in [-0.05, 0) is 67.4 Å². The fourth-order valence-corrected chi connectivity index (χ4v) is 5.95. The van der Waals surface area contributed by atoms with E-state index in [1.807, 2.05) is 6.92 Å². The molecule has 0 saturated carbocycles. The van der Waals surface area contributed by atoms with Crippen molar-refractivity contribution in [1.82, 2.24) is 10.2 Å². The molecule has 0 aliphatic carbocycles. The SMILES string of the molecule is CCOc1ccc(N(CC(=O)N(Cc2ccc(Cl)cc2Cl)[C@H](CC)C(=O)NC)S(=O)(=O)c2ccccc2)cc1. The Hall–Kier alpha value is -3.27. The van der Waals surface area contributed by atoms with E-state index in [0.29, 0.717) is 34.4 Å². The van der Waals surface area contributed by atoms with Crippen LogP contribution in [0.2, 0.25) is 10.0 Å². The molecule has 0 bridgehead atoms. The van der Waals surface area contributed by atoms with Gasteiger partial charge in [-0.25, -0.2) is 8.42 Å². The van der Waals surface area contributed by atoms with Crippen LogP contribution in [0, 0.1) is 0 Å². The molecule has 208 valence electrons. The Labute approximate surface area is 239 Å². The first-order chi connectivity index (χ1) is 18.6. The van der Waals surface area contributed by atoms with Crippen LogP contribution < -0.4 is 14.4 Å². The average molecular weight is 593 g/mol. The van der Waals surface area contributed by atoms with Crippen molar-refractivity contribution in [2.45, 2.75) is 37.8 Å². The maximum atomic E-state index is 13.9. The molecule has 0 heterocycles. The Bertz CT molecular complexity index is 1390. The van der Waals surface area contributed by atoms with Crippen LogP contribution in [-0.4, -0.2) is 51.4 Å². The van der Waals surface area contributed by atoms with E-state index in [9.17, 15) is 18.0 Å². The van der Waals surface area contributed by atoms with Gasteiger partial charge < -0.3 is 15.0 Å². The third kappa shape index (κ3) is 7.44. The fourth-order valence-electron chi connectivity index (χ4n) is 4.04. The highest BCUT2D eigenvalue weighted by Gasteiger charge is 2.33. The molecule has 0 aliphatic rings. The van der Waals surface area contributed by atoms with Crippen LogP contribution in [0.5, 0.6) is 5.75 Å². The summed E-state index contributed by atoms with van der Waals surface area (Å²) in [5, 5.41) is 3.34. The summed E-state index contributed by atoms with van der Waals surface area (Å²) in [5.41, 5.74) is 0.837. The zero-order chi connectivity index (χ0) is 28.6. The van der Waals surface area contributed by atoms with Crippen LogP contribution in [0.4, 0.5) is 5.69 Å². The second-order valence-electron chi connectivity index (χ2n) is 8.55. The zero-order valence-electron chi connectivity index (χ0n) is 21.9. The molecule has 0 saturated heterocycles. The molecule has 0 aliphatic heterocycles. The van der Waals surface area contributed by atoms with Gasteiger partial charge in [0.15, 0.2) is 0 Å². The lowest BCUT2D eigenvalue weighted by molar-refractivity contribution is -0.140. The maximum absolute atomic E-state index is 13.9. The molecule has 1 atom stereocenters. The lowest BCUT2D eigenvalue weighted by Gasteiger charge is -2.33. The molecule has 0 spiro atoms. The first kappa shape index (κ1) is 30.3. The number of rotatable bonds is 12. The van der Waals surface area contributed by atoms with Gasteiger partial charge in [-0.15, -0.1) is 0 Å². The standard InChI is InChI=1S/C28H31Cl2N3O5S/c1-4-26(28(35)31-3)32(18-20-11-12-21(29)17-25(20)30)27(34)19-33(22-13-15-23(16-14-22)38-5-2)39(36,37)24-9-7-6-8-10-24/h6-17,26H,4-5,18-19H2,1-3H3,(H,31,35)/t26-/m1/s1.